The van der Waals surface area contributed by atoms with Crippen LogP contribution < -0.4 is 5.32 Å². The van der Waals surface area contributed by atoms with E-state index in [1.165, 1.54) is 25.7 Å². The molecule has 17 heavy (non-hydrogen) atoms. The van der Waals surface area contributed by atoms with Crippen LogP contribution in [-0.2, 0) is 4.74 Å². The monoisotopic (exact) mass is 242 g/mol. The largest absolute Gasteiger partial charge is 0.383 e. The Hall–Kier alpha value is -0.120. The van der Waals surface area contributed by atoms with E-state index in [1.54, 1.807) is 7.11 Å². The molecule has 0 aromatic heterocycles. The molecular weight excluding hydrogens is 212 g/mol. The molecule has 0 amide bonds. The van der Waals surface area contributed by atoms with Crippen LogP contribution in [-0.4, -0.2) is 49.8 Å². The van der Waals surface area contributed by atoms with Gasteiger partial charge in [-0.2, -0.15) is 0 Å². The summed E-state index contributed by atoms with van der Waals surface area (Å²) in [6, 6.07) is 2.17. The minimum Gasteiger partial charge on any atom is -0.383 e. The van der Waals surface area contributed by atoms with Gasteiger partial charge in [-0.3, -0.25) is 4.90 Å². The molecule has 1 aliphatic rings. The van der Waals surface area contributed by atoms with Crippen molar-refractivity contribution in [3.05, 3.63) is 0 Å². The molecule has 1 fully saturated rings. The lowest BCUT2D eigenvalue weighted by molar-refractivity contribution is 0.0888. The van der Waals surface area contributed by atoms with E-state index in [0.717, 1.165) is 31.8 Å². The third-order valence-electron chi connectivity index (χ3n) is 4.08. The zero-order chi connectivity index (χ0) is 12.7. The van der Waals surface area contributed by atoms with Crippen LogP contribution in [0.1, 0.15) is 46.5 Å². The molecule has 3 atom stereocenters. The van der Waals surface area contributed by atoms with Crippen molar-refractivity contribution in [1.82, 2.24) is 10.2 Å². The van der Waals surface area contributed by atoms with Gasteiger partial charge in [0.15, 0.2) is 0 Å². The number of nitrogens with zero attached hydrogens (tertiary/aromatic N) is 1. The molecule has 1 N–H and O–H groups in total. The molecule has 0 aromatic carbocycles. The minimum absolute atomic E-state index is 0.676. The first-order chi connectivity index (χ1) is 8.22. The van der Waals surface area contributed by atoms with Crippen LogP contribution in [0, 0.1) is 0 Å². The average molecular weight is 242 g/mol. The molecule has 3 heteroatoms. The third kappa shape index (κ3) is 4.57. The van der Waals surface area contributed by atoms with Gasteiger partial charge in [0.1, 0.15) is 0 Å². The van der Waals surface area contributed by atoms with Gasteiger partial charge < -0.3 is 10.1 Å². The van der Waals surface area contributed by atoms with Crippen LogP contribution >= 0.6 is 0 Å². The molecule has 102 valence electrons. The van der Waals surface area contributed by atoms with E-state index in [4.69, 9.17) is 4.74 Å². The lowest BCUT2D eigenvalue weighted by atomic mass is 10.1. The zero-order valence-electron chi connectivity index (χ0n) is 12.0. The lowest BCUT2D eigenvalue weighted by Crippen LogP contribution is -2.43. The number of rotatable bonds is 8. The first kappa shape index (κ1) is 14.9. The van der Waals surface area contributed by atoms with Crippen LogP contribution in [0.3, 0.4) is 0 Å². The van der Waals surface area contributed by atoms with E-state index in [9.17, 15) is 0 Å². The van der Waals surface area contributed by atoms with Gasteiger partial charge in [0.2, 0.25) is 0 Å². The van der Waals surface area contributed by atoms with Crippen molar-refractivity contribution >= 4 is 0 Å². The fourth-order valence-corrected chi connectivity index (χ4v) is 2.93. The van der Waals surface area contributed by atoms with Gasteiger partial charge in [0.25, 0.3) is 0 Å². The first-order valence-corrected chi connectivity index (χ1v) is 7.20. The Bertz CT molecular complexity index is 199. The van der Waals surface area contributed by atoms with Gasteiger partial charge in [0.05, 0.1) is 6.61 Å². The smallest absolute Gasteiger partial charge is 0.0589 e. The predicted molar refractivity (Wildman–Crippen MR) is 73.4 cm³/mol. The van der Waals surface area contributed by atoms with Gasteiger partial charge in [-0.15, -0.1) is 0 Å². The molecule has 3 nitrogen and oxygen atoms in total. The highest BCUT2D eigenvalue weighted by Gasteiger charge is 2.30. The second-order valence-corrected chi connectivity index (χ2v) is 5.21. The predicted octanol–water partition coefficient (Wildman–Crippen LogP) is 2.26. The van der Waals surface area contributed by atoms with Crippen molar-refractivity contribution in [2.24, 2.45) is 0 Å². The summed E-state index contributed by atoms with van der Waals surface area (Å²) in [4.78, 5) is 2.65. The normalized spacial score (nSPS) is 26.6. The molecule has 1 saturated carbocycles. The van der Waals surface area contributed by atoms with E-state index >= 15 is 0 Å². The van der Waals surface area contributed by atoms with Crippen LogP contribution in [0.25, 0.3) is 0 Å². The third-order valence-corrected chi connectivity index (χ3v) is 4.08. The molecule has 0 aromatic rings. The Labute approximate surface area is 107 Å². The van der Waals surface area contributed by atoms with Crippen molar-refractivity contribution in [2.45, 2.75) is 64.6 Å². The molecule has 0 bridgehead atoms. The summed E-state index contributed by atoms with van der Waals surface area (Å²) in [5.74, 6) is 0. The topological polar surface area (TPSA) is 24.5 Å². The quantitative estimate of drug-likeness (QED) is 0.706. The van der Waals surface area contributed by atoms with E-state index < -0.39 is 0 Å². The van der Waals surface area contributed by atoms with Crippen LogP contribution in [0.5, 0.6) is 0 Å². The number of hydrogen-bond donors (Lipinski definition) is 1. The summed E-state index contributed by atoms with van der Waals surface area (Å²) in [6.45, 7) is 9.85. The van der Waals surface area contributed by atoms with Crippen molar-refractivity contribution in [2.75, 3.05) is 26.8 Å². The van der Waals surface area contributed by atoms with Crippen molar-refractivity contribution in [3.63, 3.8) is 0 Å². The van der Waals surface area contributed by atoms with E-state index in [2.05, 4.69) is 31.0 Å². The van der Waals surface area contributed by atoms with Crippen LogP contribution in [0.2, 0.25) is 0 Å². The molecule has 0 radical (unpaired) electrons. The van der Waals surface area contributed by atoms with Crippen molar-refractivity contribution in [1.29, 1.82) is 0 Å². The summed E-state index contributed by atoms with van der Waals surface area (Å²) < 4.78 is 5.24. The van der Waals surface area contributed by atoms with Crippen LogP contribution in [0.15, 0.2) is 0 Å². The van der Waals surface area contributed by atoms with E-state index in [0.29, 0.717) is 6.04 Å². The summed E-state index contributed by atoms with van der Waals surface area (Å²) in [6.07, 6.45) is 5.21. The van der Waals surface area contributed by atoms with Gasteiger partial charge in [0, 0.05) is 31.8 Å². The lowest BCUT2D eigenvalue weighted by Gasteiger charge is -2.34. The minimum atomic E-state index is 0.676. The molecule has 3 unspecified atom stereocenters. The van der Waals surface area contributed by atoms with Crippen molar-refractivity contribution < 1.29 is 4.74 Å². The SMILES string of the molecule is CCNC1CCC(N(CCOC)C(C)CC)C1. The number of hydrogen-bond acceptors (Lipinski definition) is 3. The first-order valence-electron chi connectivity index (χ1n) is 7.20. The molecule has 0 spiro atoms. The van der Waals surface area contributed by atoms with E-state index in [-0.39, 0.29) is 0 Å². The van der Waals surface area contributed by atoms with E-state index in [1.807, 2.05) is 0 Å². The highest BCUT2D eigenvalue weighted by Crippen LogP contribution is 2.26. The molecule has 0 heterocycles. The zero-order valence-corrected chi connectivity index (χ0v) is 12.0. The Morgan fingerprint density at radius 1 is 1.35 bits per heavy atom. The highest BCUT2D eigenvalue weighted by atomic mass is 16.5. The van der Waals surface area contributed by atoms with Gasteiger partial charge >= 0.3 is 0 Å². The Balaban J connectivity index is 2.46. The molecular formula is C14H30N2O. The Morgan fingerprint density at radius 3 is 2.71 bits per heavy atom. The molecule has 1 aliphatic carbocycles. The number of methoxy groups -OCH3 is 1. The Kier molecular flexibility index (Phi) is 7.09. The standard InChI is InChI=1S/C14H30N2O/c1-5-12(3)16(9-10-17-4)14-8-7-13(11-14)15-6-2/h12-15H,5-11H2,1-4H3. The van der Waals surface area contributed by atoms with Gasteiger partial charge in [-0.1, -0.05) is 13.8 Å². The highest BCUT2D eigenvalue weighted by molar-refractivity contribution is 4.88. The summed E-state index contributed by atoms with van der Waals surface area (Å²) in [7, 11) is 1.80. The second-order valence-electron chi connectivity index (χ2n) is 5.21. The summed E-state index contributed by atoms with van der Waals surface area (Å²) in [5, 5.41) is 3.58. The Morgan fingerprint density at radius 2 is 2.12 bits per heavy atom. The second kappa shape index (κ2) is 8.06. The van der Waals surface area contributed by atoms with Gasteiger partial charge in [-0.05, 0) is 39.2 Å². The number of ether oxygens (including phenoxy) is 1. The summed E-state index contributed by atoms with van der Waals surface area (Å²) in [5.41, 5.74) is 0. The molecule has 0 aliphatic heterocycles. The van der Waals surface area contributed by atoms with Gasteiger partial charge in [-0.25, -0.2) is 0 Å². The number of nitrogens with one attached hydrogen (secondary N) is 1. The maximum atomic E-state index is 5.24. The fraction of sp³-hybridized carbons (Fsp3) is 1.00. The molecule has 1 rings (SSSR count). The van der Waals surface area contributed by atoms with Crippen molar-refractivity contribution in [3.8, 4) is 0 Å². The fourth-order valence-electron chi connectivity index (χ4n) is 2.93. The summed E-state index contributed by atoms with van der Waals surface area (Å²) >= 11 is 0. The maximum absolute atomic E-state index is 5.24. The average Bonchev–Trinajstić information content (AvgIpc) is 2.78. The maximum Gasteiger partial charge on any atom is 0.0589 e. The van der Waals surface area contributed by atoms with Crippen LogP contribution in [0.4, 0.5) is 0 Å². The molecule has 0 saturated heterocycles.